The SMILES string of the molecule is c1cnc(CN2CCN(c3ccc4ncncc4c3)CC2)nc1. The van der Waals surface area contributed by atoms with Crippen molar-refractivity contribution in [3.05, 3.63) is 55.0 Å². The topological polar surface area (TPSA) is 58.0 Å². The van der Waals surface area contributed by atoms with Crippen LogP contribution >= 0.6 is 0 Å². The van der Waals surface area contributed by atoms with Crippen molar-refractivity contribution in [1.29, 1.82) is 0 Å². The minimum Gasteiger partial charge on any atom is -0.369 e. The molecule has 2 aromatic heterocycles. The molecule has 23 heavy (non-hydrogen) atoms. The van der Waals surface area contributed by atoms with Gasteiger partial charge in [0, 0.05) is 55.8 Å². The Balaban J connectivity index is 1.42. The van der Waals surface area contributed by atoms with E-state index in [9.17, 15) is 0 Å². The van der Waals surface area contributed by atoms with Crippen LogP contribution in [0.4, 0.5) is 5.69 Å². The van der Waals surface area contributed by atoms with Crippen LogP contribution in [0.5, 0.6) is 0 Å². The van der Waals surface area contributed by atoms with Gasteiger partial charge in [-0.1, -0.05) is 0 Å². The predicted octanol–water partition coefficient (Wildman–Crippen LogP) is 1.74. The van der Waals surface area contributed by atoms with E-state index in [0.717, 1.165) is 49.5 Å². The summed E-state index contributed by atoms with van der Waals surface area (Å²) >= 11 is 0. The molecule has 1 aliphatic rings. The number of fused-ring (bicyclic) bond motifs is 1. The van der Waals surface area contributed by atoms with Crippen LogP contribution in [0.3, 0.4) is 0 Å². The highest BCUT2D eigenvalue weighted by atomic mass is 15.3. The van der Waals surface area contributed by atoms with Crippen molar-refractivity contribution in [1.82, 2.24) is 24.8 Å². The maximum atomic E-state index is 4.30. The molecular formula is C17H18N6. The van der Waals surface area contributed by atoms with Crippen LogP contribution in [0, 0.1) is 0 Å². The van der Waals surface area contributed by atoms with Crippen LogP contribution in [0.15, 0.2) is 49.2 Å². The molecule has 3 heterocycles. The van der Waals surface area contributed by atoms with E-state index in [1.807, 2.05) is 12.3 Å². The van der Waals surface area contributed by atoms with Crippen LogP contribution in [0.1, 0.15) is 5.82 Å². The highest BCUT2D eigenvalue weighted by Gasteiger charge is 2.18. The molecule has 0 atom stereocenters. The average Bonchev–Trinajstić information content (AvgIpc) is 2.63. The molecule has 1 saturated heterocycles. The zero-order chi connectivity index (χ0) is 15.5. The number of piperazine rings is 1. The van der Waals surface area contributed by atoms with E-state index in [1.165, 1.54) is 5.69 Å². The Hall–Kier alpha value is -2.60. The molecule has 6 nitrogen and oxygen atoms in total. The lowest BCUT2D eigenvalue weighted by Crippen LogP contribution is -2.46. The Morgan fingerprint density at radius 3 is 2.61 bits per heavy atom. The Morgan fingerprint density at radius 1 is 0.957 bits per heavy atom. The van der Waals surface area contributed by atoms with E-state index in [1.54, 1.807) is 18.7 Å². The molecule has 0 N–H and O–H groups in total. The summed E-state index contributed by atoms with van der Waals surface area (Å²) in [5.74, 6) is 0.892. The maximum Gasteiger partial charge on any atom is 0.142 e. The molecule has 0 radical (unpaired) electrons. The lowest BCUT2D eigenvalue weighted by molar-refractivity contribution is 0.244. The Labute approximate surface area is 134 Å². The molecular weight excluding hydrogens is 288 g/mol. The number of anilines is 1. The van der Waals surface area contributed by atoms with Crippen molar-refractivity contribution in [3.8, 4) is 0 Å². The van der Waals surface area contributed by atoms with Gasteiger partial charge in [0.1, 0.15) is 12.2 Å². The van der Waals surface area contributed by atoms with E-state index in [4.69, 9.17) is 0 Å². The molecule has 0 bridgehead atoms. The number of benzene rings is 1. The van der Waals surface area contributed by atoms with Gasteiger partial charge in [-0.05, 0) is 24.3 Å². The molecule has 1 fully saturated rings. The van der Waals surface area contributed by atoms with E-state index in [0.29, 0.717) is 0 Å². The van der Waals surface area contributed by atoms with Gasteiger partial charge in [0.2, 0.25) is 0 Å². The van der Waals surface area contributed by atoms with E-state index in [2.05, 4.69) is 47.9 Å². The van der Waals surface area contributed by atoms with Gasteiger partial charge < -0.3 is 4.90 Å². The zero-order valence-electron chi connectivity index (χ0n) is 12.8. The van der Waals surface area contributed by atoms with Gasteiger partial charge in [0.05, 0.1) is 12.1 Å². The number of rotatable bonds is 3. The smallest absolute Gasteiger partial charge is 0.142 e. The van der Waals surface area contributed by atoms with Crippen molar-refractivity contribution in [2.45, 2.75) is 6.54 Å². The Morgan fingerprint density at radius 2 is 1.78 bits per heavy atom. The highest BCUT2D eigenvalue weighted by molar-refractivity contribution is 5.81. The monoisotopic (exact) mass is 306 g/mol. The fourth-order valence-corrected chi connectivity index (χ4v) is 2.94. The van der Waals surface area contributed by atoms with Crippen molar-refractivity contribution >= 4 is 16.6 Å². The zero-order valence-corrected chi connectivity index (χ0v) is 12.8. The van der Waals surface area contributed by atoms with Gasteiger partial charge >= 0.3 is 0 Å². The molecule has 1 aromatic carbocycles. The normalized spacial score (nSPS) is 15.9. The molecule has 116 valence electrons. The van der Waals surface area contributed by atoms with E-state index in [-0.39, 0.29) is 0 Å². The fourth-order valence-electron chi connectivity index (χ4n) is 2.94. The summed E-state index contributed by atoms with van der Waals surface area (Å²) in [6.45, 7) is 4.86. The summed E-state index contributed by atoms with van der Waals surface area (Å²) in [4.78, 5) is 21.8. The second kappa shape index (κ2) is 6.26. The van der Waals surface area contributed by atoms with Crippen molar-refractivity contribution in [3.63, 3.8) is 0 Å². The van der Waals surface area contributed by atoms with Crippen LogP contribution in [0.2, 0.25) is 0 Å². The standard InChI is InChI=1S/C17H18N6/c1-4-19-17(20-5-1)12-22-6-8-23(9-7-22)15-2-3-16-14(10-15)11-18-13-21-16/h1-5,10-11,13H,6-9,12H2. The van der Waals surface area contributed by atoms with Gasteiger partial charge in [-0.3, -0.25) is 4.90 Å². The quantitative estimate of drug-likeness (QED) is 0.735. The van der Waals surface area contributed by atoms with Crippen LogP contribution < -0.4 is 4.90 Å². The van der Waals surface area contributed by atoms with Crippen molar-refractivity contribution in [2.75, 3.05) is 31.1 Å². The van der Waals surface area contributed by atoms with Gasteiger partial charge in [-0.2, -0.15) is 0 Å². The Kier molecular flexibility index (Phi) is 3.81. The molecule has 0 amide bonds. The summed E-state index contributed by atoms with van der Waals surface area (Å²) in [6, 6.07) is 8.23. The number of aromatic nitrogens is 4. The van der Waals surface area contributed by atoms with Gasteiger partial charge in [-0.25, -0.2) is 19.9 Å². The van der Waals surface area contributed by atoms with Gasteiger partial charge in [0.15, 0.2) is 0 Å². The predicted molar refractivity (Wildman–Crippen MR) is 89.1 cm³/mol. The first-order valence-electron chi connectivity index (χ1n) is 7.81. The molecule has 0 aliphatic carbocycles. The Bertz CT molecular complexity index is 783. The molecule has 0 saturated carbocycles. The van der Waals surface area contributed by atoms with Crippen LogP contribution in [0.25, 0.3) is 10.9 Å². The second-order valence-electron chi connectivity index (χ2n) is 5.69. The van der Waals surface area contributed by atoms with Crippen molar-refractivity contribution in [2.24, 2.45) is 0 Å². The molecule has 0 unspecified atom stereocenters. The lowest BCUT2D eigenvalue weighted by Gasteiger charge is -2.35. The summed E-state index contributed by atoms with van der Waals surface area (Å²) in [7, 11) is 0. The summed E-state index contributed by atoms with van der Waals surface area (Å²) < 4.78 is 0. The van der Waals surface area contributed by atoms with Crippen LogP contribution in [-0.4, -0.2) is 51.0 Å². The maximum absolute atomic E-state index is 4.30. The van der Waals surface area contributed by atoms with E-state index >= 15 is 0 Å². The molecule has 6 heteroatoms. The van der Waals surface area contributed by atoms with Crippen LogP contribution in [-0.2, 0) is 6.54 Å². The summed E-state index contributed by atoms with van der Waals surface area (Å²) in [6.07, 6.45) is 7.06. The molecule has 4 rings (SSSR count). The summed E-state index contributed by atoms with van der Waals surface area (Å²) in [5, 5.41) is 1.09. The lowest BCUT2D eigenvalue weighted by atomic mass is 10.2. The third kappa shape index (κ3) is 3.12. The number of hydrogen-bond donors (Lipinski definition) is 0. The van der Waals surface area contributed by atoms with Gasteiger partial charge in [-0.15, -0.1) is 0 Å². The number of hydrogen-bond acceptors (Lipinski definition) is 6. The highest BCUT2D eigenvalue weighted by Crippen LogP contribution is 2.21. The second-order valence-corrected chi connectivity index (χ2v) is 5.69. The first-order valence-corrected chi connectivity index (χ1v) is 7.81. The third-order valence-corrected chi connectivity index (χ3v) is 4.21. The van der Waals surface area contributed by atoms with E-state index < -0.39 is 0 Å². The average molecular weight is 306 g/mol. The molecule has 1 aliphatic heterocycles. The first-order chi connectivity index (χ1) is 11.4. The summed E-state index contributed by atoms with van der Waals surface area (Å²) in [5.41, 5.74) is 2.23. The van der Waals surface area contributed by atoms with Gasteiger partial charge in [0.25, 0.3) is 0 Å². The third-order valence-electron chi connectivity index (χ3n) is 4.21. The first kappa shape index (κ1) is 14.0. The molecule has 3 aromatic rings. The molecule has 0 spiro atoms. The van der Waals surface area contributed by atoms with Crippen molar-refractivity contribution < 1.29 is 0 Å². The fraction of sp³-hybridized carbons (Fsp3) is 0.294. The minimum absolute atomic E-state index is 0.820. The minimum atomic E-state index is 0.820. The largest absolute Gasteiger partial charge is 0.369 e. The number of nitrogens with zero attached hydrogens (tertiary/aromatic N) is 6.